The number of hydrogen-bond acceptors (Lipinski definition) is 4. The van der Waals surface area contributed by atoms with E-state index in [0.717, 1.165) is 0 Å². The van der Waals surface area contributed by atoms with Crippen molar-refractivity contribution in [3.05, 3.63) is 35.4 Å². The van der Waals surface area contributed by atoms with Crippen molar-refractivity contribution in [3.8, 4) is 0 Å². The zero-order valence-corrected chi connectivity index (χ0v) is 9.46. The predicted octanol–water partition coefficient (Wildman–Crippen LogP) is 1.42. The Morgan fingerprint density at radius 2 is 1.83 bits per heavy atom. The molecule has 0 radical (unpaired) electrons. The normalized spacial score (nSPS) is 15.9. The second-order valence-electron chi connectivity index (χ2n) is 3.47. The molecule has 0 saturated carbocycles. The first-order valence-corrected chi connectivity index (χ1v) is 6.04. The lowest BCUT2D eigenvalue weighted by Gasteiger charge is -2.15. The van der Waals surface area contributed by atoms with E-state index < -0.39 is 21.5 Å². The molecule has 0 atom stereocenters. The van der Waals surface area contributed by atoms with Gasteiger partial charge in [-0.3, -0.25) is 4.79 Å². The molecule has 5 nitrogen and oxygen atoms in total. The van der Waals surface area contributed by atoms with Gasteiger partial charge in [0.2, 0.25) is 0 Å². The number of halogens is 3. The summed E-state index contributed by atoms with van der Waals surface area (Å²) in [5, 5.41) is 0.174. The van der Waals surface area contributed by atoms with Gasteiger partial charge in [0.25, 0.3) is 5.91 Å². The third-order valence-electron chi connectivity index (χ3n) is 2.26. The Labute approximate surface area is 99.8 Å². The summed E-state index contributed by atoms with van der Waals surface area (Å²) in [5.41, 5.74) is -5.04. The molecule has 0 bridgehead atoms. The number of nitrogens with zero attached hydrogens (tertiary/aromatic N) is 1. The highest BCUT2D eigenvalue weighted by Gasteiger charge is 2.50. The van der Waals surface area contributed by atoms with Gasteiger partial charge in [0.15, 0.2) is 0 Å². The number of fused-ring (bicyclic) bond motifs is 1. The van der Waals surface area contributed by atoms with Gasteiger partial charge in [-0.05, 0) is 11.6 Å². The zero-order chi connectivity index (χ0) is 13.6. The summed E-state index contributed by atoms with van der Waals surface area (Å²) in [7, 11) is -5.83. The maximum Gasteiger partial charge on any atom is 0.525 e. The smallest absolute Gasteiger partial charge is 0.267 e. The Morgan fingerprint density at radius 3 is 2.39 bits per heavy atom. The van der Waals surface area contributed by atoms with Gasteiger partial charge >= 0.3 is 15.6 Å². The average Bonchev–Trinajstić information content (AvgIpc) is 2.54. The quantitative estimate of drug-likeness (QED) is 0.769. The van der Waals surface area contributed by atoms with Gasteiger partial charge in [0.05, 0.1) is 6.54 Å². The first-order valence-electron chi connectivity index (χ1n) is 4.63. The number of amides is 1. The van der Waals surface area contributed by atoms with Crippen molar-refractivity contribution >= 4 is 16.0 Å². The minimum Gasteiger partial charge on any atom is -0.267 e. The van der Waals surface area contributed by atoms with Crippen LogP contribution in [-0.2, 0) is 20.9 Å². The molecular weight excluding hydrogens is 275 g/mol. The van der Waals surface area contributed by atoms with Crippen LogP contribution in [0, 0.1) is 0 Å². The summed E-state index contributed by atoms with van der Waals surface area (Å²) in [6.07, 6.45) is 0. The third kappa shape index (κ3) is 2.06. The third-order valence-corrected chi connectivity index (χ3v) is 3.20. The second-order valence-corrected chi connectivity index (χ2v) is 4.99. The molecule has 0 aliphatic carbocycles. The lowest BCUT2D eigenvalue weighted by molar-refractivity contribution is -0.0857. The number of alkyl halides is 3. The zero-order valence-electron chi connectivity index (χ0n) is 8.64. The van der Waals surface area contributed by atoms with Crippen molar-refractivity contribution in [2.45, 2.75) is 12.1 Å². The first-order chi connectivity index (χ1) is 8.22. The van der Waals surface area contributed by atoms with Gasteiger partial charge in [-0.25, -0.2) is 0 Å². The van der Waals surface area contributed by atoms with E-state index in [1.54, 1.807) is 6.07 Å². The molecule has 18 heavy (non-hydrogen) atoms. The summed E-state index contributed by atoms with van der Waals surface area (Å²) >= 11 is 0. The standard InChI is InChI=1S/C9H6F3NO4S/c10-9(11,12)18(15,16)17-13-5-6-3-1-2-4-7(6)8(13)14/h1-4H,5H2. The van der Waals surface area contributed by atoms with Crippen LogP contribution in [0.3, 0.4) is 0 Å². The van der Waals surface area contributed by atoms with Crippen LogP contribution >= 0.6 is 0 Å². The maximum absolute atomic E-state index is 12.1. The van der Waals surface area contributed by atoms with Gasteiger partial charge in [-0.15, -0.1) is 4.28 Å². The van der Waals surface area contributed by atoms with Crippen molar-refractivity contribution in [1.29, 1.82) is 0 Å². The molecular formula is C9H6F3NO4S. The molecule has 1 amide bonds. The van der Waals surface area contributed by atoms with Gasteiger partial charge < -0.3 is 0 Å². The molecule has 1 aromatic carbocycles. The Balaban J connectivity index is 2.24. The highest BCUT2D eigenvalue weighted by molar-refractivity contribution is 7.87. The summed E-state index contributed by atoms with van der Waals surface area (Å²) in [6, 6.07) is 5.96. The molecule has 0 fully saturated rings. The number of hydrogen-bond donors (Lipinski definition) is 0. The minimum absolute atomic E-state index is 0.120. The summed E-state index contributed by atoms with van der Waals surface area (Å²) < 4.78 is 61.6. The molecule has 2 rings (SSSR count). The molecule has 0 spiro atoms. The summed E-state index contributed by atoms with van der Waals surface area (Å²) in [4.78, 5) is 11.6. The van der Waals surface area contributed by atoms with Crippen LogP contribution in [0.15, 0.2) is 24.3 Å². The van der Waals surface area contributed by atoms with Gasteiger partial charge in [0.1, 0.15) is 0 Å². The molecule has 0 unspecified atom stereocenters. The van der Waals surface area contributed by atoms with Crippen LogP contribution in [0.25, 0.3) is 0 Å². The van der Waals surface area contributed by atoms with E-state index in [4.69, 9.17) is 0 Å². The fourth-order valence-electron chi connectivity index (χ4n) is 1.45. The van der Waals surface area contributed by atoms with E-state index in [0.29, 0.717) is 5.56 Å². The fraction of sp³-hybridized carbons (Fsp3) is 0.222. The molecule has 9 heteroatoms. The molecule has 0 N–H and O–H groups in total. The SMILES string of the molecule is O=C1c2ccccc2CN1OS(=O)(=O)C(F)(F)F. The monoisotopic (exact) mass is 281 g/mol. The van der Waals surface area contributed by atoms with Crippen LogP contribution in [0.2, 0.25) is 0 Å². The highest BCUT2D eigenvalue weighted by Crippen LogP contribution is 2.29. The Bertz CT molecular complexity index is 596. The van der Waals surface area contributed by atoms with Crippen LogP contribution in [0.1, 0.15) is 15.9 Å². The van der Waals surface area contributed by atoms with Gasteiger partial charge in [-0.1, -0.05) is 18.2 Å². The van der Waals surface area contributed by atoms with Crippen molar-refractivity contribution < 1.29 is 30.7 Å². The lowest BCUT2D eigenvalue weighted by atomic mass is 10.1. The molecule has 1 aliphatic rings. The summed E-state index contributed by atoms with van der Waals surface area (Å²) in [5.74, 6) is -0.918. The summed E-state index contributed by atoms with van der Waals surface area (Å²) in [6.45, 7) is -0.343. The lowest BCUT2D eigenvalue weighted by Crippen LogP contribution is -2.34. The van der Waals surface area contributed by atoms with Gasteiger partial charge in [-0.2, -0.15) is 26.7 Å². The largest absolute Gasteiger partial charge is 0.525 e. The van der Waals surface area contributed by atoms with Crippen LogP contribution in [-0.4, -0.2) is 24.9 Å². The van der Waals surface area contributed by atoms with Crippen LogP contribution in [0.4, 0.5) is 13.2 Å². The maximum atomic E-state index is 12.1. The molecule has 1 aromatic rings. The molecule has 0 aromatic heterocycles. The number of rotatable bonds is 2. The Hall–Kier alpha value is -1.61. The van der Waals surface area contributed by atoms with E-state index >= 15 is 0 Å². The average molecular weight is 281 g/mol. The topological polar surface area (TPSA) is 63.7 Å². The number of carbonyl (C=O) groups excluding carboxylic acids is 1. The van der Waals surface area contributed by atoms with E-state index in [-0.39, 0.29) is 17.2 Å². The Kier molecular flexibility index (Phi) is 2.82. The minimum atomic E-state index is -5.83. The number of carbonyl (C=O) groups is 1. The van der Waals surface area contributed by atoms with Crippen LogP contribution < -0.4 is 0 Å². The second kappa shape index (κ2) is 3.95. The number of hydroxylamine groups is 2. The van der Waals surface area contributed by atoms with E-state index in [2.05, 4.69) is 4.28 Å². The fourth-order valence-corrected chi connectivity index (χ4v) is 1.89. The predicted molar refractivity (Wildman–Crippen MR) is 52.4 cm³/mol. The van der Waals surface area contributed by atoms with Crippen LogP contribution in [0.5, 0.6) is 0 Å². The Morgan fingerprint density at radius 1 is 1.22 bits per heavy atom. The van der Waals surface area contributed by atoms with E-state index in [9.17, 15) is 26.4 Å². The van der Waals surface area contributed by atoms with E-state index in [1.807, 2.05) is 0 Å². The number of benzene rings is 1. The van der Waals surface area contributed by atoms with E-state index in [1.165, 1.54) is 18.2 Å². The van der Waals surface area contributed by atoms with Crippen molar-refractivity contribution in [2.24, 2.45) is 0 Å². The molecule has 1 heterocycles. The van der Waals surface area contributed by atoms with Crippen molar-refractivity contribution in [1.82, 2.24) is 5.06 Å². The highest BCUT2D eigenvalue weighted by atomic mass is 32.2. The first kappa shape index (κ1) is 12.8. The van der Waals surface area contributed by atoms with Gasteiger partial charge in [0, 0.05) is 5.56 Å². The molecule has 0 saturated heterocycles. The molecule has 98 valence electrons. The van der Waals surface area contributed by atoms with Crippen molar-refractivity contribution in [3.63, 3.8) is 0 Å². The molecule has 1 aliphatic heterocycles. The van der Waals surface area contributed by atoms with Crippen molar-refractivity contribution in [2.75, 3.05) is 0 Å².